The second-order valence-corrected chi connectivity index (χ2v) is 7.50. The van der Waals surface area contributed by atoms with Gasteiger partial charge in [0.25, 0.3) is 5.56 Å². The number of esters is 1. The number of aryl methyl sites for hydroxylation is 2. The van der Waals surface area contributed by atoms with Crippen LogP contribution in [0.1, 0.15) is 40.2 Å². The highest BCUT2D eigenvalue weighted by Gasteiger charge is 2.13. The molecule has 0 spiro atoms. The molecule has 0 aliphatic heterocycles. The van der Waals surface area contributed by atoms with Crippen LogP contribution in [0, 0.1) is 13.8 Å². The van der Waals surface area contributed by atoms with Crippen LogP contribution in [0.25, 0.3) is 10.2 Å². The van der Waals surface area contributed by atoms with Crippen molar-refractivity contribution in [1.29, 1.82) is 0 Å². The average Bonchev–Trinajstić information content (AvgIpc) is 2.85. The molecule has 0 saturated carbocycles. The Morgan fingerprint density at radius 2 is 2.08 bits per heavy atom. The van der Waals surface area contributed by atoms with E-state index in [1.807, 2.05) is 33.8 Å². The Labute approximate surface area is 149 Å². The van der Waals surface area contributed by atoms with Crippen LogP contribution in [0.15, 0.2) is 35.4 Å². The zero-order valence-corrected chi connectivity index (χ0v) is 15.5. The van der Waals surface area contributed by atoms with E-state index in [1.54, 1.807) is 29.1 Å². The minimum Gasteiger partial charge on any atom is -0.459 e. The van der Waals surface area contributed by atoms with Crippen LogP contribution in [0.2, 0.25) is 0 Å². The lowest BCUT2D eigenvalue weighted by molar-refractivity contribution is 0.0378. The third-order valence-corrected chi connectivity index (χ3v) is 5.13. The summed E-state index contributed by atoms with van der Waals surface area (Å²) < 4.78 is 6.80. The van der Waals surface area contributed by atoms with Gasteiger partial charge in [-0.3, -0.25) is 9.36 Å². The van der Waals surface area contributed by atoms with Crippen molar-refractivity contribution < 1.29 is 9.53 Å². The van der Waals surface area contributed by atoms with Crippen molar-refractivity contribution in [2.75, 3.05) is 0 Å². The van der Waals surface area contributed by atoms with Crippen molar-refractivity contribution in [3.05, 3.63) is 62.5 Å². The number of rotatable bonds is 4. The number of hydrogen-bond acceptors (Lipinski definition) is 5. The van der Waals surface area contributed by atoms with E-state index in [9.17, 15) is 9.59 Å². The van der Waals surface area contributed by atoms with Gasteiger partial charge in [0.2, 0.25) is 0 Å². The van der Waals surface area contributed by atoms with E-state index in [1.165, 1.54) is 11.3 Å². The first-order chi connectivity index (χ1) is 11.9. The van der Waals surface area contributed by atoms with Gasteiger partial charge < -0.3 is 4.74 Å². The van der Waals surface area contributed by atoms with Crippen molar-refractivity contribution >= 4 is 27.5 Å². The highest BCUT2D eigenvalue weighted by atomic mass is 32.1. The van der Waals surface area contributed by atoms with Gasteiger partial charge in [0, 0.05) is 4.88 Å². The number of carbonyl (C=O) groups is 1. The molecule has 0 bridgehead atoms. The molecule has 0 aliphatic rings. The Kier molecular flexibility index (Phi) is 4.72. The second kappa shape index (κ2) is 6.80. The summed E-state index contributed by atoms with van der Waals surface area (Å²) in [6.45, 7) is 7.93. The van der Waals surface area contributed by atoms with Gasteiger partial charge in [-0.25, -0.2) is 9.78 Å². The van der Waals surface area contributed by atoms with Crippen molar-refractivity contribution in [3.8, 4) is 0 Å². The molecule has 0 amide bonds. The standard InChI is InChI=1S/C19H20N2O3S/c1-11(2)24-19(23)15-7-5-6-14(8-15)9-21-10-20-17-16(18(21)22)12(3)13(4)25-17/h5-8,10-11H,9H2,1-4H3. The van der Waals surface area contributed by atoms with Crippen LogP contribution in [-0.4, -0.2) is 21.6 Å². The lowest BCUT2D eigenvalue weighted by Gasteiger charge is -2.10. The van der Waals surface area contributed by atoms with Crippen molar-refractivity contribution in [2.45, 2.75) is 40.3 Å². The van der Waals surface area contributed by atoms with Crippen LogP contribution in [0.4, 0.5) is 0 Å². The summed E-state index contributed by atoms with van der Waals surface area (Å²) in [4.78, 5) is 31.1. The van der Waals surface area contributed by atoms with Crippen molar-refractivity contribution in [1.82, 2.24) is 9.55 Å². The largest absolute Gasteiger partial charge is 0.459 e. The van der Waals surface area contributed by atoms with E-state index in [2.05, 4.69) is 4.98 Å². The minimum atomic E-state index is -0.359. The number of nitrogens with zero attached hydrogens (tertiary/aromatic N) is 2. The van der Waals surface area contributed by atoms with Gasteiger partial charge in [0.1, 0.15) is 4.83 Å². The Bertz CT molecular complexity index is 1000. The molecule has 0 aliphatic carbocycles. The lowest BCUT2D eigenvalue weighted by Crippen LogP contribution is -2.21. The van der Waals surface area contributed by atoms with Gasteiger partial charge in [-0.1, -0.05) is 12.1 Å². The maximum Gasteiger partial charge on any atom is 0.338 e. The summed E-state index contributed by atoms with van der Waals surface area (Å²) in [6.07, 6.45) is 1.40. The zero-order chi connectivity index (χ0) is 18.1. The normalized spacial score (nSPS) is 11.2. The molecule has 1 aromatic carbocycles. The first kappa shape index (κ1) is 17.4. The summed E-state index contributed by atoms with van der Waals surface area (Å²) in [5, 5.41) is 0.681. The maximum absolute atomic E-state index is 12.8. The number of aromatic nitrogens is 2. The number of thiophene rings is 1. The molecule has 3 aromatic rings. The molecule has 0 radical (unpaired) electrons. The van der Waals surface area contributed by atoms with E-state index < -0.39 is 0 Å². The average molecular weight is 356 g/mol. The molecule has 2 aromatic heterocycles. The van der Waals surface area contributed by atoms with E-state index in [0.717, 1.165) is 20.8 Å². The van der Waals surface area contributed by atoms with Gasteiger partial charge in [-0.05, 0) is 51.0 Å². The van der Waals surface area contributed by atoms with E-state index in [0.29, 0.717) is 17.5 Å². The minimum absolute atomic E-state index is 0.0537. The predicted octanol–water partition coefficient (Wildman–Crippen LogP) is 3.69. The zero-order valence-electron chi connectivity index (χ0n) is 14.7. The van der Waals surface area contributed by atoms with E-state index >= 15 is 0 Å². The van der Waals surface area contributed by atoms with Crippen molar-refractivity contribution in [2.24, 2.45) is 0 Å². The molecule has 6 heteroatoms. The molecule has 2 heterocycles. The van der Waals surface area contributed by atoms with Gasteiger partial charge in [0.05, 0.1) is 29.9 Å². The summed E-state index contributed by atoms with van der Waals surface area (Å²) in [7, 11) is 0. The molecule has 0 N–H and O–H groups in total. The number of carbonyl (C=O) groups excluding carboxylic acids is 1. The number of benzene rings is 1. The molecule has 0 atom stereocenters. The fraction of sp³-hybridized carbons (Fsp3) is 0.316. The Hall–Kier alpha value is -2.47. The van der Waals surface area contributed by atoms with Gasteiger partial charge in [-0.15, -0.1) is 11.3 Å². The van der Waals surface area contributed by atoms with E-state index in [-0.39, 0.29) is 17.6 Å². The van der Waals surface area contributed by atoms with Crippen LogP contribution in [0.3, 0.4) is 0 Å². The lowest BCUT2D eigenvalue weighted by atomic mass is 10.1. The Morgan fingerprint density at radius 3 is 2.80 bits per heavy atom. The van der Waals surface area contributed by atoms with Crippen LogP contribution < -0.4 is 5.56 Å². The summed E-state index contributed by atoms with van der Waals surface area (Å²) >= 11 is 1.53. The van der Waals surface area contributed by atoms with E-state index in [4.69, 9.17) is 4.74 Å². The van der Waals surface area contributed by atoms with Gasteiger partial charge >= 0.3 is 5.97 Å². The summed E-state index contributed by atoms with van der Waals surface area (Å²) in [6, 6.07) is 7.15. The smallest absolute Gasteiger partial charge is 0.338 e. The SMILES string of the molecule is Cc1sc2ncn(Cc3cccc(C(=O)OC(C)C)c3)c(=O)c2c1C. The molecular formula is C19H20N2O3S. The fourth-order valence-electron chi connectivity index (χ4n) is 2.66. The van der Waals surface area contributed by atoms with Crippen LogP contribution in [0.5, 0.6) is 0 Å². The summed E-state index contributed by atoms with van der Waals surface area (Å²) in [5.41, 5.74) is 2.27. The fourth-order valence-corrected chi connectivity index (χ4v) is 3.65. The molecule has 5 nitrogen and oxygen atoms in total. The Morgan fingerprint density at radius 1 is 1.32 bits per heavy atom. The third-order valence-electron chi connectivity index (χ3n) is 4.01. The second-order valence-electron chi connectivity index (χ2n) is 6.30. The molecule has 0 saturated heterocycles. The quantitative estimate of drug-likeness (QED) is 0.669. The third kappa shape index (κ3) is 3.49. The highest BCUT2D eigenvalue weighted by molar-refractivity contribution is 7.18. The molecule has 3 rings (SSSR count). The van der Waals surface area contributed by atoms with Crippen LogP contribution >= 0.6 is 11.3 Å². The van der Waals surface area contributed by atoms with Crippen LogP contribution in [-0.2, 0) is 11.3 Å². The van der Waals surface area contributed by atoms with Crippen molar-refractivity contribution in [3.63, 3.8) is 0 Å². The molecular weight excluding hydrogens is 336 g/mol. The maximum atomic E-state index is 12.8. The predicted molar refractivity (Wildman–Crippen MR) is 99.4 cm³/mol. The molecule has 130 valence electrons. The number of ether oxygens (including phenoxy) is 1. The molecule has 25 heavy (non-hydrogen) atoms. The van der Waals surface area contributed by atoms with Gasteiger partial charge in [0.15, 0.2) is 0 Å². The summed E-state index contributed by atoms with van der Waals surface area (Å²) in [5.74, 6) is -0.359. The highest BCUT2D eigenvalue weighted by Crippen LogP contribution is 2.25. The first-order valence-corrected chi connectivity index (χ1v) is 8.93. The molecule has 0 unspecified atom stereocenters. The topological polar surface area (TPSA) is 61.2 Å². The monoisotopic (exact) mass is 356 g/mol. The van der Waals surface area contributed by atoms with Gasteiger partial charge in [-0.2, -0.15) is 0 Å². The number of hydrogen-bond donors (Lipinski definition) is 0. The molecule has 0 fully saturated rings. The Balaban J connectivity index is 1.94. The number of fused-ring (bicyclic) bond motifs is 1. The first-order valence-electron chi connectivity index (χ1n) is 8.12.